The zero-order valence-electron chi connectivity index (χ0n) is 15.4. The van der Waals surface area contributed by atoms with Crippen molar-refractivity contribution in [3.63, 3.8) is 0 Å². The summed E-state index contributed by atoms with van der Waals surface area (Å²) in [6.07, 6.45) is 7.72. The van der Waals surface area contributed by atoms with E-state index in [1.54, 1.807) is 0 Å². The van der Waals surface area contributed by atoms with Crippen molar-refractivity contribution in [3.8, 4) is 5.75 Å². The SMILES string of the molecule is c1cc2c(cc1CN1CCOCC1)CCC1CCCCN1CCCO2. The Kier molecular flexibility index (Phi) is 5.90. The fourth-order valence-corrected chi connectivity index (χ4v) is 4.54. The van der Waals surface area contributed by atoms with Crippen molar-refractivity contribution in [2.24, 2.45) is 0 Å². The number of hydrogen-bond acceptors (Lipinski definition) is 4. The third kappa shape index (κ3) is 4.55. The first kappa shape index (κ1) is 17.3. The lowest BCUT2D eigenvalue weighted by Gasteiger charge is -2.36. The summed E-state index contributed by atoms with van der Waals surface area (Å²) >= 11 is 0. The summed E-state index contributed by atoms with van der Waals surface area (Å²) in [6.45, 7) is 8.20. The largest absolute Gasteiger partial charge is 0.493 e. The molecule has 138 valence electrons. The second kappa shape index (κ2) is 8.52. The molecule has 0 saturated carbocycles. The van der Waals surface area contributed by atoms with Crippen molar-refractivity contribution in [3.05, 3.63) is 29.3 Å². The Hall–Kier alpha value is -1.10. The average molecular weight is 344 g/mol. The van der Waals surface area contributed by atoms with E-state index in [2.05, 4.69) is 28.0 Å². The minimum absolute atomic E-state index is 0.780. The molecular formula is C21H32N2O2. The fraction of sp³-hybridized carbons (Fsp3) is 0.714. The van der Waals surface area contributed by atoms with Crippen LogP contribution >= 0.6 is 0 Å². The Balaban J connectivity index is 1.46. The highest BCUT2D eigenvalue weighted by Crippen LogP contribution is 2.28. The van der Waals surface area contributed by atoms with Crippen LogP contribution < -0.4 is 4.74 Å². The van der Waals surface area contributed by atoms with Gasteiger partial charge in [-0.15, -0.1) is 0 Å². The van der Waals surface area contributed by atoms with Crippen molar-refractivity contribution in [2.45, 2.75) is 51.1 Å². The van der Waals surface area contributed by atoms with Crippen LogP contribution in [0.1, 0.15) is 43.2 Å². The molecule has 0 spiro atoms. The number of benzene rings is 1. The summed E-state index contributed by atoms with van der Waals surface area (Å²) < 4.78 is 11.6. The smallest absolute Gasteiger partial charge is 0.122 e. The summed E-state index contributed by atoms with van der Waals surface area (Å²) in [5.41, 5.74) is 2.83. The van der Waals surface area contributed by atoms with Crippen LogP contribution in [0.5, 0.6) is 5.75 Å². The lowest BCUT2D eigenvalue weighted by molar-refractivity contribution is 0.0341. The number of nitrogens with zero attached hydrogens (tertiary/aromatic N) is 2. The molecule has 3 aliphatic rings. The van der Waals surface area contributed by atoms with E-state index in [1.807, 2.05) is 0 Å². The summed E-state index contributed by atoms with van der Waals surface area (Å²) in [5.74, 6) is 1.12. The zero-order valence-corrected chi connectivity index (χ0v) is 15.4. The molecule has 2 saturated heterocycles. The third-order valence-electron chi connectivity index (χ3n) is 5.98. The van der Waals surface area contributed by atoms with Gasteiger partial charge in [-0.05, 0) is 55.8 Å². The molecule has 1 aromatic rings. The van der Waals surface area contributed by atoms with E-state index in [0.717, 1.165) is 64.1 Å². The van der Waals surface area contributed by atoms with Crippen molar-refractivity contribution in [1.29, 1.82) is 0 Å². The van der Waals surface area contributed by atoms with Crippen LogP contribution in [0.4, 0.5) is 0 Å². The van der Waals surface area contributed by atoms with E-state index < -0.39 is 0 Å². The Labute approximate surface area is 152 Å². The molecule has 0 aromatic heterocycles. The van der Waals surface area contributed by atoms with E-state index in [4.69, 9.17) is 9.47 Å². The normalized spacial score (nSPS) is 26.3. The maximum absolute atomic E-state index is 6.13. The van der Waals surface area contributed by atoms with Gasteiger partial charge in [-0.3, -0.25) is 4.90 Å². The van der Waals surface area contributed by atoms with Gasteiger partial charge in [0, 0.05) is 32.2 Å². The second-order valence-corrected chi connectivity index (χ2v) is 7.76. The minimum Gasteiger partial charge on any atom is -0.493 e. The zero-order chi connectivity index (χ0) is 16.9. The highest BCUT2D eigenvalue weighted by molar-refractivity contribution is 5.37. The van der Waals surface area contributed by atoms with Crippen LogP contribution in [-0.2, 0) is 17.7 Å². The van der Waals surface area contributed by atoms with Gasteiger partial charge in [0.25, 0.3) is 0 Å². The van der Waals surface area contributed by atoms with Crippen LogP contribution in [0.3, 0.4) is 0 Å². The molecule has 0 radical (unpaired) electrons. The Morgan fingerprint density at radius 1 is 0.920 bits per heavy atom. The molecule has 1 unspecified atom stereocenters. The summed E-state index contributed by atoms with van der Waals surface area (Å²) in [6, 6.07) is 7.65. The van der Waals surface area contributed by atoms with Gasteiger partial charge >= 0.3 is 0 Å². The van der Waals surface area contributed by atoms with Gasteiger partial charge in [0.15, 0.2) is 0 Å². The Morgan fingerprint density at radius 2 is 1.80 bits per heavy atom. The van der Waals surface area contributed by atoms with Crippen LogP contribution in [-0.4, -0.2) is 61.8 Å². The van der Waals surface area contributed by atoms with E-state index in [0.29, 0.717) is 0 Å². The number of piperidine rings is 1. The van der Waals surface area contributed by atoms with E-state index in [9.17, 15) is 0 Å². The van der Waals surface area contributed by atoms with Gasteiger partial charge in [0.2, 0.25) is 0 Å². The Morgan fingerprint density at radius 3 is 2.72 bits per heavy atom. The maximum atomic E-state index is 6.13. The molecule has 0 N–H and O–H groups in total. The van der Waals surface area contributed by atoms with Gasteiger partial charge in [-0.25, -0.2) is 0 Å². The number of rotatable bonds is 2. The average Bonchev–Trinajstić information content (AvgIpc) is 2.66. The molecule has 0 bridgehead atoms. The number of hydrogen-bond donors (Lipinski definition) is 0. The molecule has 25 heavy (non-hydrogen) atoms. The van der Waals surface area contributed by atoms with Crippen LogP contribution in [0.25, 0.3) is 0 Å². The molecule has 2 fully saturated rings. The first-order valence-corrected chi connectivity index (χ1v) is 10.2. The molecule has 4 heteroatoms. The Bertz CT molecular complexity index is 557. The quantitative estimate of drug-likeness (QED) is 0.823. The topological polar surface area (TPSA) is 24.9 Å². The minimum atomic E-state index is 0.780. The first-order chi connectivity index (χ1) is 12.4. The molecule has 0 aliphatic carbocycles. The molecule has 4 rings (SSSR count). The predicted octanol–water partition coefficient (Wildman–Crippen LogP) is 3.09. The van der Waals surface area contributed by atoms with E-state index in [1.165, 1.54) is 49.9 Å². The van der Waals surface area contributed by atoms with Gasteiger partial charge < -0.3 is 14.4 Å². The molecule has 1 atom stereocenters. The van der Waals surface area contributed by atoms with Gasteiger partial charge in [0.05, 0.1) is 19.8 Å². The molecule has 1 aromatic carbocycles. The molecule has 4 nitrogen and oxygen atoms in total. The number of aryl methyl sites for hydroxylation is 1. The van der Waals surface area contributed by atoms with E-state index in [-0.39, 0.29) is 0 Å². The standard InChI is InChI=1S/C21H32N2O2/c1-2-9-23-10-3-13-25-21-8-5-18(17-22-11-14-24-15-12-22)16-19(21)6-7-20(23)4-1/h5,8,16,20H,1-4,6-7,9-15,17H2. The molecule has 3 heterocycles. The van der Waals surface area contributed by atoms with E-state index >= 15 is 0 Å². The summed E-state index contributed by atoms with van der Waals surface area (Å²) in [5, 5.41) is 0. The highest BCUT2D eigenvalue weighted by atomic mass is 16.5. The number of morpholine rings is 1. The first-order valence-electron chi connectivity index (χ1n) is 10.2. The van der Waals surface area contributed by atoms with Crippen molar-refractivity contribution in [2.75, 3.05) is 46.0 Å². The molecular weight excluding hydrogens is 312 g/mol. The van der Waals surface area contributed by atoms with Crippen LogP contribution in [0.2, 0.25) is 0 Å². The van der Waals surface area contributed by atoms with Crippen LogP contribution in [0.15, 0.2) is 18.2 Å². The van der Waals surface area contributed by atoms with Crippen molar-refractivity contribution in [1.82, 2.24) is 9.80 Å². The lowest BCUT2D eigenvalue weighted by Crippen LogP contribution is -2.41. The van der Waals surface area contributed by atoms with Gasteiger partial charge in [-0.2, -0.15) is 0 Å². The van der Waals surface area contributed by atoms with Crippen molar-refractivity contribution >= 4 is 0 Å². The maximum Gasteiger partial charge on any atom is 0.122 e. The second-order valence-electron chi connectivity index (χ2n) is 7.76. The van der Waals surface area contributed by atoms with Gasteiger partial charge in [0.1, 0.15) is 5.75 Å². The lowest BCUT2D eigenvalue weighted by atomic mass is 9.94. The summed E-state index contributed by atoms with van der Waals surface area (Å²) in [4.78, 5) is 5.21. The number of ether oxygens (including phenoxy) is 2. The van der Waals surface area contributed by atoms with Crippen LogP contribution in [0, 0.1) is 0 Å². The third-order valence-corrected chi connectivity index (χ3v) is 5.98. The molecule has 0 amide bonds. The fourth-order valence-electron chi connectivity index (χ4n) is 4.54. The number of fused-ring (bicyclic) bond motifs is 2. The van der Waals surface area contributed by atoms with Crippen molar-refractivity contribution < 1.29 is 9.47 Å². The molecule has 3 aliphatic heterocycles. The highest BCUT2D eigenvalue weighted by Gasteiger charge is 2.23. The monoisotopic (exact) mass is 344 g/mol. The van der Waals surface area contributed by atoms with Gasteiger partial charge in [-0.1, -0.05) is 18.6 Å². The predicted molar refractivity (Wildman–Crippen MR) is 100 cm³/mol. The summed E-state index contributed by atoms with van der Waals surface area (Å²) in [7, 11) is 0.